The molecule has 0 spiro atoms. The van der Waals surface area contributed by atoms with Gasteiger partial charge >= 0.3 is 11.3 Å². The van der Waals surface area contributed by atoms with Gasteiger partial charge in [-0.05, 0) is 30.3 Å². The Morgan fingerprint density at radius 3 is 2.07 bits per heavy atom. The zero-order valence-corrected chi connectivity index (χ0v) is 22.3. The molecule has 0 radical (unpaired) electrons. The van der Waals surface area contributed by atoms with Crippen molar-refractivity contribution in [2.24, 2.45) is 0 Å². The standard InChI is InChI=1S/C28H32O14/c1-38-16-8-15-13(6-7-14(39-15)11-2-4-12(31)5-3-11)20(32)19(16)26-27(24(36)22(34)17(9-29)40-26)42-28-25(37)23(35)21(33)18(10-30)41-28/h2-8,17-18,21-30,33-37H,9-10H2,1H3,(H-,31,32)/p+1/t17-,18-,21-,22-,23+,24+,25-,26+,27-,28+/m1/s1. The molecule has 9 N–H and O–H groups in total. The van der Waals surface area contributed by atoms with Crippen molar-refractivity contribution in [3.8, 4) is 28.6 Å². The molecule has 0 aliphatic carbocycles. The third-order valence-corrected chi connectivity index (χ3v) is 7.59. The van der Waals surface area contributed by atoms with E-state index in [2.05, 4.69) is 0 Å². The molecule has 0 saturated carbocycles. The molecule has 1 aromatic heterocycles. The molecule has 42 heavy (non-hydrogen) atoms. The quantitative estimate of drug-likeness (QED) is 0.152. The Kier molecular flexibility index (Phi) is 8.82. The van der Waals surface area contributed by atoms with Gasteiger partial charge < -0.3 is 64.9 Å². The van der Waals surface area contributed by atoms with Crippen LogP contribution in [0.1, 0.15) is 11.7 Å². The maximum atomic E-state index is 11.5. The zero-order valence-electron chi connectivity index (χ0n) is 22.3. The van der Waals surface area contributed by atoms with E-state index in [0.717, 1.165) is 0 Å². The molecular formula is C28H33O14+. The largest absolute Gasteiger partial charge is 0.508 e. The van der Waals surface area contributed by atoms with Crippen molar-refractivity contribution in [1.82, 2.24) is 0 Å². The average Bonchev–Trinajstić information content (AvgIpc) is 3.00. The van der Waals surface area contributed by atoms with Crippen molar-refractivity contribution in [2.75, 3.05) is 20.3 Å². The van der Waals surface area contributed by atoms with Crippen molar-refractivity contribution in [3.05, 3.63) is 48.0 Å². The minimum atomic E-state index is -1.84. The summed E-state index contributed by atoms with van der Waals surface area (Å²) in [4.78, 5) is 0. The Morgan fingerprint density at radius 1 is 0.786 bits per heavy atom. The number of phenolic OH excluding ortho intramolecular Hbond substituents is 2. The molecule has 2 aliphatic heterocycles. The third-order valence-electron chi connectivity index (χ3n) is 7.59. The summed E-state index contributed by atoms with van der Waals surface area (Å²) >= 11 is 0. The summed E-state index contributed by atoms with van der Waals surface area (Å²) in [5.74, 6) is 0.0932. The summed E-state index contributed by atoms with van der Waals surface area (Å²) in [6, 6.07) is 10.9. The normalized spacial score (nSPS) is 33.5. The highest BCUT2D eigenvalue weighted by molar-refractivity contribution is 5.88. The molecule has 3 heterocycles. The van der Waals surface area contributed by atoms with Gasteiger partial charge in [0, 0.05) is 6.07 Å². The van der Waals surface area contributed by atoms with Gasteiger partial charge in [0.25, 0.3) is 0 Å². The molecule has 0 unspecified atom stereocenters. The fraction of sp³-hybridized carbons (Fsp3) is 0.464. The minimum Gasteiger partial charge on any atom is -0.508 e. The number of aliphatic hydroxyl groups excluding tert-OH is 7. The fourth-order valence-electron chi connectivity index (χ4n) is 5.24. The van der Waals surface area contributed by atoms with Crippen molar-refractivity contribution in [1.29, 1.82) is 0 Å². The second-order valence-corrected chi connectivity index (χ2v) is 10.2. The van der Waals surface area contributed by atoms with Crippen molar-refractivity contribution in [2.45, 2.75) is 61.2 Å². The van der Waals surface area contributed by atoms with Crippen LogP contribution < -0.4 is 4.74 Å². The summed E-state index contributed by atoms with van der Waals surface area (Å²) in [6.07, 6.45) is -16.2. The van der Waals surface area contributed by atoms with Gasteiger partial charge in [0.1, 0.15) is 77.6 Å². The molecule has 2 saturated heterocycles. The summed E-state index contributed by atoms with van der Waals surface area (Å²) in [5, 5.41) is 93.1. The number of benzene rings is 2. The number of phenols is 2. The molecule has 0 amide bonds. The monoisotopic (exact) mass is 593 g/mol. The van der Waals surface area contributed by atoms with Crippen LogP contribution in [0.5, 0.6) is 17.2 Å². The predicted octanol–water partition coefficient (Wildman–Crippen LogP) is -0.860. The number of hydrogen-bond donors (Lipinski definition) is 9. The van der Waals surface area contributed by atoms with Gasteiger partial charge in [-0.1, -0.05) is 0 Å². The molecule has 2 aromatic carbocycles. The van der Waals surface area contributed by atoms with Gasteiger partial charge in [-0.3, -0.25) is 0 Å². The van der Waals surface area contributed by atoms with Crippen LogP contribution in [0.4, 0.5) is 0 Å². The summed E-state index contributed by atoms with van der Waals surface area (Å²) in [7, 11) is 1.30. The van der Waals surface area contributed by atoms with Crippen molar-refractivity contribution in [3.63, 3.8) is 0 Å². The van der Waals surface area contributed by atoms with Crippen molar-refractivity contribution < 1.29 is 69.3 Å². The van der Waals surface area contributed by atoms with Gasteiger partial charge in [-0.2, -0.15) is 0 Å². The maximum absolute atomic E-state index is 11.5. The molecule has 228 valence electrons. The van der Waals surface area contributed by atoms with E-state index in [4.69, 9.17) is 23.4 Å². The number of ether oxygens (including phenoxy) is 4. The van der Waals surface area contributed by atoms with Crippen LogP contribution in [0.3, 0.4) is 0 Å². The maximum Gasteiger partial charge on any atom is 0.368 e. The van der Waals surface area contributed by atoms with Gasteiger partial charge in [-0.25, -0.2) is 4.42 Å². The van der Waals surface area contributed by atoms with E-state index in [1.165, 1.54) is 25.3 Å². The lowest BCUT2D eigenvalue weighted by atomic mass is 9.89. The lowest BCUT2D eigenvalue weighted by molar-refractivity contribution is -0.342. The summed E-state index contributed by atoms with van der Waals surface area (Å²) < 4.78 is 28.6. The van der Waals surface area contributed by atoms with Crippen LogP contribution in [0.25, 0.3) is 22.3 Å². The number of rotatable bonds is 7. The van der Waals surface area contributed by atoms with Crippen LogP contribution in [-0.4, -0.2) is 121 Å². The zero-order chi connectivity index (χ0) is 30.3. The van der Waals surface area contributed by atoms with Crippen LogP contribution >= 0.6 is 0 Å². The van der Waals surface area contributed by atoms with E-state index >= 15 is 0 Å². The molecule has 2 fully saturated rings. The molecule has 0 bridgehead atoms. The third kappa shape index (κ3) is 5.38. The molecule has 5 rings (SSSR count). The summed E-state index contributed by atoms with van der Waals surface area (Å²) in [6.45, 7) is -1.45. The Labute approximate surface area is 238 Å². The second-order valence-electron chi connectivity index (χ2n) is 10.2. The van der Waals surface area contributed by atoms with Crippen LogP contribution in [0.2, 0.25) is 0 Å². The number of methoxy groups -OCH3 is 1. The molecular weight excluding hydrogens is 560 g/mol. The molecule has 14 heteroatoms. The number of aliphatic hydroxyl groups is 7. The van der Waals surface area contributed by atoms with Crippen LogP contribution in [0.15, 0.2) is 46.9 Å². The van der Waals surface area contributed by atoms with E-state index < -0.39 is 80.2 Å². The first-order chi connectivity index (χ1) is 20.1. The van der Waals surface area contributed by atoms with Gasteiger partial charge in [0.05, 0.1) is 37.5 Å². The number of aromatic hydroxyl groups is 2. The average molecular weight is 594 g/mol. The highest BCUT2D eigenvalue weighted by atomic mass is 16.7. The molecule has 14 nitrogen and oxygen atoms in total. The SMILES string of the molecule is COc1cc2[o+]c(-c3ccc(O)cc3)ccc2c(O)c1[C@@H]1O[C@H](CO)[C@@H](O)[C@H](O)[C@H]1O[C@@H]1O[C@H](CO)[C@@H](O)[C@H](O)[C@H]1O. The Hall–Kier alpha value is -3.15. The second kappa shape index (κ2) is 12.2. The van der Waals surface area contributed by atoms with E-state index in [9.17, 15) is 46.0 Å². The molecule has 3 aromatic rings. The first-order valence-corrected chi connectivity index (χ1v) is 13.1. The predicted molar refractivity (Wildman–Crippen MR) is 141 cm³/mol. The molecule has 2 aliphatic rings. The number of fused-ring (bicyclic) bond motifs is 1. The van der Waals surface area contributed by atoms with E-state index in [1.807, 2.05) is 0 Å². The first-order valence-electron chi connectivity index (χ1n) is 13.1. The van der Waals surface area contributed by atoms with Crippen molar-refractivity contribution >= 4 is 11.0 Å². The van der Waals surface area contributed by atoms with Crippen LogP contribution in [-0.2, 0) is 14.2 Å². The van der Waals surface area contributed by atoms with Gasteiger partial charge in [0.15, 0.2) is 6.29 Å². The molecule has 10 atom stereocenters. The lowest BCUT2D eigenvalue weighted by Gasteiger charge is -2.46. The highest BCUT2D eigenvalue weighted by Gasteiger charge is 2.52. The number of hydrogen-bond acceptors (Lipinski definition) is 13. The lowest BCUT2D eigenvalue weighted by Crippen LogP contribution is -2.62. The fourth-order valence-corrected chi connectivity index (χ4v) is 5.24. The van der Waals surface area contributed by atoms with E-state index in [1.54, 1.807) is 24.3 Å². The summed E-state index contributed by atoms with van der Waals surface area (Å²) in [5.41, 5.74) is 0.778. The Morgan fingerprint density at radius 2 is 1.43 bits per heavy atom. The highest BCUT2D eigenvalue weighted by Crippen LogP contribution is 2.47. The Balaban J connectivity index is 1.57. The Bertz CT molecular complexity index is 1380. The topological polar surface area (TPSA) is 230 Å². The van der Waals surface area contributed by atoms with Gasteiger partial charge in [0.2, 0.25) is 0 Å². The smallest absolute Gasteiger partial charge is 0.368 e. The first kappa shape index (κ1) is 30.3. The minimum absolute atomic E-state index is 0.0132. The van der Waals surface area contributed by atoms with Crippen LogP contribution in [0, 0.1) is 0 Å². The van der Waals surface area contributed by atoms with Gasteiger partial charge in [-0.15, -0.1) is 0 Å². The van der Waals surface area contributed by atoms with E-state index in [0.29, 0.717) is 11.3 Å². The van der Waals surface area contributed by atoms with E-state index in [-0.39, 0.29) is 28.0 Å².